The molecule has 2 aromatic heterocycles. The minimum atomic E-state index is -0.485. The van der Waals surface area contributed by atoms with Crippen molar-refractivity contribution in [3.8, 4) is 10.6 Å². The van der Waals surface area contributed by atoms with Crippen LogP contribution in [0.15, 0.2) is 41.7 Å². The maximum Gasteiger partial charge on any atom is 0.168 e. The second-order valence-electron chi connectivity index (χ2n) is 5.40. The summed E-state index contributed by atoms with van der Waals surface area (Å²) >= 11 is 13.9. The number of pyridine rings is 1. The molecular weight excluding hydrogens is 382 g/mol. The summed E-state index contributed by atoms with van der Waals surface area (Å²) in [5.41, 5.74) is 0.841. The average Bonchev–Trinajstić information content (AvgIpc) is 3.02. The number of halogens is 3. The van der Waals surface area contributed by atoms with E-state index in [1.807, 2.05) is 24.1 Å². The van der Waals surface area contributed by atoms with Gasteiger partial charge in [0.1, 0.15) is 21.4 Å². The molecule has 0 saturated carbocycles. The predicted octanol–water partition coefficient (Wildman–Crippen LogP) is 5.55. The van der Waals surface area contributed by atoms with Crippen molar-refractivity contribution in [2.75, 3.05) is 4.90 Å². The molecule has 0 N–H and O–H groups in total. The Balaban J connectivity index is 1.94. The summed E-state index contributed by atoms with van der Waals surface area (Å²) in [5.74, 6) is 0.116. The lowest BCUT2D eigenvalue weighted by Gasteiger charge is -2.25. The first kappa shape index (κ1) is 16.4. The van der Waals surface area contributed by atoms with Gasteiger partial charge in [-0.2, -0.15) is 0 Å². The Bertz CT molecular complexity index is 1010. The molecule has 1 atom stereocenters. The number of aliphatic imine (C=N–C) groups is 1. The van der Waals surface area contributed by atoms with Crippen LogP contribution in [0.5, 0.6) is 0 Å². The van der Waals surface area contributed by atoms with Crippen LogP contribution in [0, 0.1) is 5.82 Å². The largest absolute Gasteiger partial charge is 0.309 e. The SMILES string of the molecule is CC1N=CC=CN1c1ncc(F)c2nc(-c3c(Cl)cccc3Cl)sc12. The molecule has 0 radical (unpaired) electrons. The summed E-state index contributed by atoms with van der Waals surface area (Å²) in [7, 11) is 0. The van der Waals surface area contributed by atoms with E-state index in [0.29, 0.717) is 31.1 Å². The van der Waals surface area contributed by atoms with E-state index in [1.54, 1.807) is 24.4 Å². The highest BCUT2D eigenvalue weighted by atomic mass is 35.5. The lowest BCUT2D eigenvalue weighted by atomic mass is 10.2. The van der Waals surface area contributed by atoms with Crippen molar-refractivity contribution in [2.24, 2.45) is 4.99 Å². The minimum absolute atomic E-state index is 0.138. The van der Waals surface area contributed by atoms with Crippen LogP contribution in [0.3, 0.4) is 0 Å². The third-order valence-corrected chi connectivity index (χ3v) is 5.51. The molecule has 0 spiro atoms. The highest BCUT2D eigenvalue weighted by Gasteiger charge is 2.23. The summed E-state index contributed by atoms with van der Waals surface area (Å²) in [6.07, 6.45) is 6.43. The van der Waals surface area contributed by atoms with Crippen molar-refractivity contribution < 1.29 is 4.39 Å². The zero-order valence-corrected chi connectivity index (χ0v) is 15.3. The van der Waals surface area contributed by atoms with Crippen molar-refractivity contribution in [2.45, 2.75) is 13.1 Å². The molecule has 8 heteroatoms. The molecule has 1 aliphatic heterocycles. The van der Waals surface area contributed by atoms with Crippen molar-refractivity contribution in [1.29, 1.82) is 0 Å². The van der Waals surface area contributed by atoms with E-state index in [2.05, 4.69) is 15.0 Å². The first-order valence-electron chi connectivity index (χ1n) is 7.44. The van der Waals surface area contributed by atoms with E-state index in [1.165, 1.54) is 17.5 Å². The van der Waals surface area contributed by atoms with Crippen LogP contribution in [0.4, 0.5) is 10.2 Å². The summed E-state index contributed by atoms with van der Waals surface area (Å²) in [6.45, 7) is 1.93. The fourth-order valence-electron chi connectivity index (χ4n) is 2.61. The summed E-state index contributed by atoms with van der Waals surface area (Å²) in [5, 5.41) is 1.49. The van der Waals surface area contributed by atoms with Crippen molar-refractivity contribution >= 4 is 56.8 Å². The second kappa shape index (κ2) is 6.37. The maximum atomic E-state index is 14.3. The molecule has 3 heterocycles. The number of benzene rings is 1. The van der Waals surface area contributed by atoms with E-state index in [0.717, 1.165) is 0 Å². The smallest absolute Gasteiger partial charge is 0.168 e. The third-order valence-electron chi connectivity index (χ3n) is 3.81. The minimum Gasteiger partial charge on any atom is -0.309 e. The number of rotatable bonds is 2. The number of nitrogens with zero attached hydrogens (tertiary/aromatic N) is 4. The molecule has 1 aromatic carbocycles. The van der Waals surface area contributed by atoms with E-state index >= 15 is 0 Å². The Morgan fingerprint density at radius 2 is 2.00 bits per heavy atom. The summed E-state index contributed by atoms with van der Waals surface area (Å²) in [6, 6.07) is 5.22. The van der Waals surface area contributed by atoms with Crippen molar-refractivity contribution in [3.05, 3.63) is 52.5 Å². The van der Waals surface area contributed by atoms with Gasteiger partial charge < -0.3 is 4.90 Å². The van der Waals surface area contributed by atoms with Gasteiger partial charge in [-0.05, 0) is 25.1 Å². The number of anilines is 1. The normalized spacial score (nSPS) is 16.8. The zero-order chi connectivity index (χ0) is 17.6. The number of allylic oxidation sites excluding steroid dienone is 1. The molecule has 4 nitrogen and oxygen atoms in total. The van der Waals surface area contributed by atoms with Gasteiger partial charge in [-0.1, -0.05) is 29.3 Å². The second-order valence-corrected chi connectivity index (χ2v) is 7.22. The van der Waals surface area contributed by atoms with Gasteiger partial charge in [-0.25, -0.2) is 14.4 Å². The maximum absolute atomic E-state index is 14.3. The van der Waals surface area contributed by atoms with Crippen LogP contribution in [0.2, 0.25) is 10.0 Å². The van der Waals surface area contributed by atoms with Crippen molar-refractivity contribution in [3.63, 3.8) is 0 Å². The average molecular weight is 393 g/mol. The molecule has 0 bridgehead atoms. The predicted molar refractivity (Wildman–Crippen MR) is 102 cm³/mol. The van der Waals surface area contributed by atoms with E-state index in [9.17, 15) is 4.39 Å². The topological polar surface area (TPSA) is 41.4 Å². The van der Waals surface area contributed by atoms with Gasteiger partial charge in [0, 0.05) is 18.0 Å². The Morgan fingerprint density at radius 3 is 2.72 bits per heavy atom. The van der Waals surface area contributed by atoms with E-state index in [4.69, 9.17) is 23.2 Å². The molecule has 1 unspecified atom stereocenters. The highest BCUT2D eigenvalue weighted by Crippen LogP contribution is 2.42. The highest BCUT2D eigenvalue weighted by molar-refractivity contribution is 7.22. The molecule has 0 amide bonds. The van der Waals surface area contributed by atoms with Crippen molar-refractivity contribution in [1.82, 2.24) is 9.97 Å². The van der Waals surface area contributed by atoms with Gasteiger partial charge in [-0.3, -0.25) is 4.99 Å². The summed E-state index contributed by atoms with van der Waals surface area (Å²) in [4.78, 5) is 14.9. The summed E-state index contributed by atoms with van der Waals surface area (Å²) < 4.78 is 14.9. The van der Waals surface area contributed by atoms with Crippen LogP contribution in [-0.4, -0.2) is 22.3 Å². The van der Waals surface area contributed by atoms with Gasteiger partial charge in [-0.15, -0.1) is 11.3 Å². The molecule has 0 aliphatic carbocycles. The Hall–Kier alpha value is -2.02. The third kappa shape index (κ3) is 2.80. The first-order chi connectivity index (χ1) is 12.1. The van der Waals surface area contributed by atoms with E-state index < -0.39 is 5.82 Å². The number of fused-ring (bicyclic) bond motifs is 1. The van der Waals surface area contributed by atoms with Gasteiger partial charge in [0.2, 0.25) is 0 Å². The molecule has 0 fully saturated rings. The standard InChI is InChI=1S/C17H11Cl2FN4S/c1-9-21-6-3-7-24(9)16-15-14(12(20)8-22-16)23-17(25-15)13-10(18)4-2-5-11(13)19/h2-9H,1H3. The van der Waals surface area contributed by atoms with Crippen LogP contribution in [-0.2, 0) is 0 Å². The Morgan fingerprint density at radius 1 is 1.24 bits per heavy atom. The van der Waals surface area contributed by atoms with Crippen LogP contribution in [0.1, 0.15) is 6.92 Å². The van der Waals surface area contributed by atoms with E-state index in [-0.39, 0.29) is 11.7 Å². The lowest BCUT2D eigenvalue weighted by Crippen LogP contribution is -2.29. The fourth-order valence-corrected chi connectivity index (χ4v) is 4.44. The Kier molecular flexibility index (Phi) is 4.19. The monoisotopic (exact) mass is 392 g/mol. The van der Waals surface area contributed by atoms with Crippen LogP contribution in [0.25, 0.3) is 20.8 Å². The molecule has 4 rings (SSSR count). The Labute approximate surface area is 157 Å². The zero-order valence-electron chi connectivity index (χ0n) is 12.9. The molecule has 0 saturated heterocycles. The van der Waals surface area contributed by atoms with Gasteiger partial charge >= 0.3 is 0 Å². The first-order valence-corrected chi connectivity index (χ1v) is 9.01. The van der Waals surface area contributed by atoms with Gasteiger partial charge in [0.15, 0.2) is 11.6 Å². The van der Waals surface area contributed by atoms with Crippen LogP contribution < -0.4 is 4.90 Å². The fraction of sp³-hybridized carbons (Fsp3) is 0.118. The molecule has 126 valence electrons. The number of thiazole rings is 1. The lowest BCUT2D eigenvalue weighted by molar-refractivity contribution is 0.630. The molecule has 3 aromatic rings. The van der Waals surface area contributed by atoms with Crippen LogP contribution >= 0.6 is 34.5 Å². The number of aromatic nitrogens is 2. The van der Waals surface area contributed by atoms with Gasteiger partial charge in [0.25, 0.3) is 0 Å². The molecule has 1 aliphatic rings. The quantitative estimate of drug-likeness (QED) is 0.573. The number of hydrogen-bond acceptors (Lipinski definition) is 5. The number of hydrogen-bond donors (Lipinski definition) is 0. The molecular formula is C17H11Cl2FN4S. The van der Waals surface area contributed by atoms with Gasteiger partial charge in [0.05, 0.1) is 16.2 Å². The molecule has 25 heavy (non-hydrogen) atoms.